The molecule has 0 radical (unpaired) electrons. The molecule has 1 aromatic heterocycles. The van der Waals surface area contributed by atoms with E-state index < -0.39 is 28.6 Å². The molecule has 1 saturated carbocycles. The van der Waals surface area contributed by atoms with Crippen LogP contribution in [0.3, 0.4) is 0 Å². The maximum atomic E-state index is 13.1. The number of ketones is 1. The first-order valence-corrected chi connectivity index (χ1v) is 8.47. The molecule has 5 heteroatoms. The van der Waals surface area contributed by atoms with Crippen LogP contribution in [-0.2, 0) is 15.1 Å². The molecule has 1 aliphatic carbocycles. The molecule has 128 valence electrons. The highest BCUT2D eigenvalue weighted by molar-refractivity contribution is 6.25. The molecule has 2 aliphatic rings. The lowest BCUT2D eigenvalue weighted by Crippen LogP contribution is -2.46. The Hall–Kier alpha value is -2.82. The number of carbonyl (C=O) groups excluding carboxylic acids is 1. The third-order valence-electron chi connectivity index (χ3n) is 5.43. The Morgan fingerprint density at radius 1 is 1.04 bits per heavy atom. The number of carboxylic acids is 1. The molecule has 1 aromatic carbocycles. The van der Waals surface area contributed by atoms with Crippen LogP contribution in [0, 0.1) is 6.92 Å². The van der Waals surface area contributed by atoms with Crippen LogP contribution >= 0.6 is 0 Å². The van der Waals surface area contributed by atoms with Crippen molar-refractivity contribution in [2.45, 2.75) is 38.1 Å². The number of Topliss-reactive ketones (excluding diaryl/α,β-unsaturated/α-hetero) is 1. The molecule has 2 N–H and O–H groups in total. The van der Waals surface area contributed by atoms with Gasteiger partial charge in [0.25, 0.3) is 0 Å². The SMILES string of the molecule is Cc1ccc(-c2ccc3n2C2(CCCC2)C(=O)C(C(=O)O)=C3O)cc1. The summed E-state index contributed by atoms with van der Waals surface area (Å²) < 4.78 is 1.87. The third-order valence-corrected chi connectivity index (χ3v) is 5.43. The van der Waals surface area contributed by atoms with Crippen LogP contribution in [0.4, 0.5) is 0 Å². The number of carbonyl (C=O) groups is 2. The zero-order chi connectivity index (χ0) is 17.8. The quantitative estimate of drug-likeness (QED) is 0.820. The molecule has 0 amide bonds. The van der Waals surface area contributed by atoms with Gasteiger partial charge in [0.1, 0.15) is 11.1 Å². The molecule has 1 spiro atoms. The number of aliphatic hydroxyl groups is 1. The van der Waals surface area contributed by atoms with Crippen LogP contribution in [0.2, 0.25) is 0 Å². The van der Waals surface area contributed by atoms with Gasteiger partial charge in [0, 0.05) is 5.69 Å². The molecule has 4 rings (SSSR count). The summed E-state index contributed by atoms with van der Waals surface area (Å²) in [6.45, 7) is 2.01. The smallest absolute Gasteiger partial charge is 0.343 e. The number of rotatable bonds is 2. The number of aromatic nitrogens is 1. The van der Waals surface area contributed by atoms with E-state index in [1.165, 1.54) is 0 Å². The van der Waals surface area contributed by atoms with Crippen LogP contribution < -0.4 is 0 Å². The molecule has 2 aromatic rings. The maximum absolute atomic E-state index is 13.1. The van der Waals surface area contributed by atoms with Crippen LogP contribution in [0.1, 0.15) is 36.9 Å². The Kier molecular flexibility index (Phi) is 3.35. The second kappa shape index (κ2) is 5.34. The highest BCUT2D eigenvalue weighted by Gasteiger charge is 2.51. The molecule has 0 saturated heterocycles. The van der Waals surface area contributed by atoms with Gasteiger partial charge in [0.2, 0.25) is 0 Å². The van der Waals surface area contributed by atoms with E-state index in [1.54, 1.807) is 6.07 Å². The van der Waals surface area contributed by atoms with Gasteiger partial charge in [-0.25, -0.2) is 4.79 Å². The van der Waals surface area contributed by atoms with Crippen LogP contribution in [0.5, 0.6) is 0 Å². The van der Waals surface area contributed by atoms with E-state index in [-0.39, 0.29) is 0 Å². The van der Waals surface area contributed by atoms with Crippen LogP contribution in [-0.4, -0.2) is 26.5 Å². The van der Waals surface area contributed by atoms with E-state index in [0.717, 1.165) is 29.7 Å². The minimum absolute atomic E-state index is 0.412. The highest BCUT2D eigenvalue weighted by atomic mass is 16.4. The molecule has 1 aliphatic heterocycles. The van der Waals surface area contributed by atoms with Crippen LogP contribution in [0.15, 0.2) is 42.0 Å². The predicted molar refractivity (Wildman–Crippen MR) is 93.2 cm³/mol. The summed E-state index contributed by atoms with van der Waals surface area (Å²) in [6.07, 6.45) is 2.92. The normalized spacial score (nSPS) is 18.7. The number of benzene rings is 1. The van der Waals surface area contributed by atoms with E-state index in [1.807, 2.05) is 41.8 Å². The minimum Gasteiger partial charge on any atom is -0.505 e. The van der Waals surface area contributed by atoms with Gasteiger partial charge in [0.05, 0.1) is 5.69 Å². The van der Waals surface area contributed by atoms with E-state index in [0.29, 0.717) is 18.5 Å². The maximum Gasteiger partial charge on any atom is 0.343 e. The third kappa shape index (κ3) is 2.08. The second-order valence-corrected chi connectivity index (χ2v) is 6.90. The van der Waals surface area contributed by atoms with Crippen molar-refractivity contribution in [3.63, 3.8) is 0 Å². The van der Waals surface area contributed by atoms with Crippen molar-refractivity contribution in [1.82, 2.24) is 4.57 Å². The number of aliphatic hydroxyl groups excluding tert-OH is 1. The zero-order valence-electron chi connectivity index (χ0n) is 14.0. The summed E-state index contributed by atoms with van der Waals surface area (Å²) in [6, 6.07) is 11.5. The van der Waals surface area contributed by atoms with Crippen molar-refractivity contribution in [3.8, 4) is 11.3 Å². The van der Waals surface area contributed by atoms with E-state index >= 15 is 0 Å². The molecular weight excluding hydrogens is 318 g/mol. The van der Waals surface area contributed by atoms with Crippen molar-refractivity contribution in [2.75, 3.05) is 0 Å². The number of carboxylic acid groups (broad SMARTS) is 1. The van der Waals surface area contributed by atoms with E-state index in [4.69, 9.17) is 0 Å². The summed E-state index contributed by atoms with van der Waals surface area (Å²) in [7, 11) is 0. The summed E-state index contributed by atoms with van der Waals surface area (Å²) in [4.78, 5) is 24.7. The van der Waals surface area contributed by atoms with Crippen molar-refractivity contribution in [2.24, 2.45) is 0 Å². The molecule has 0 bridgehead atoms. The van der Waals surface area contributed by atoms with Crippen molar-refractivity contribution >= 4 is 17.5 Å². The predicted octanol–water partition coefficient (Wildman–Crippen LogP) is 3.67. The second-order valence-electron chi connectivity index (χ2n) is 6.90. The summed E-state index contributed by atoms with van der Waals surface area (Å²) >= 11 is 0. The number of aryl methyl sites for hydroxylation is 1. The zero-order valence-corrected chi connectivity index (χ0v) is 14.0. The largest absolute Gasteiger partial charge is 0.505 e. The Balaban J connectivity index is 2.01. The average Bonchev–Trinajstić information content (AvgIpc) is 3.22. The summed E-state index contributed by atoms with van der Waals surface area (Å²) in [5.41, 5.74) is 1.94. The number of aliphatic carboxylic acids is 1. The Morgan fingerprint density at radius 3 is 2.24 bits per heavy atom. The van der Waals surface area contributed by atoms with E-state index in [9.17, 15) is 19.8 Å². The van der Waals surface area contributed by atoms with Gasteiger partial charge in [-0.1, -0.05) is 42.7 Å². The fourth-order valence-corrected chi connectivity index (χ4v) is 4.21. The number of fused-ring (bicyclic) bond motifs is 2. The lowest BCUT2D eigenvalue weighted by Gasteiger charge is -2.36. The first-order chi connectivity index (χ1) is 12.0. The highest BCUT2D eigenvalue weighted by Crippen LogP contribution is 2.47. The minimum atomic E-state index is -1.36. The van der Waals surface area contributed by atoms with Gasteiger partial charge in [-0.2, -0.15) is 0 Å². The molecule has 0 atom stereocenters. The van der Waals surface area contributed by atoms with Gasteiger partial charge in [-0.05, 0) is 37.5 Å². The lowest BCUT2D eigenvalue weighted by atomic mass is 9.82. The first-order valence-electron chi connectivity index (χ1n) is 8.47. The standard InChI is InChI=1S/C20H19NO4/c1-12-4-6-13(7-5-12)14-8-9-15-17(22)16(19(24)25)18(23)20(21(14)15)10-2-3-11-20/h4-9,22H,2-3,10-11H2,1H3,(H,24,25). The molecule has 0 unspecified atom stereocenters. The van der Waals surface area contributed by atoms with Gasteiger partial charge in [-0.3, -0.25) is 4.79 Å². The van der Waals surface area contributed by atoms with Crippen molar-refractivity contribution in [3.05, 3.63) is 53.2 Å². The summed E-state index contributed by atoms with van der Waals surface area (Å²) in [5.74, 6) is -2.28. The Bertz CT molecular complexity index is 912. The molecule has 5 nitrogen and oxygen atoms in total. The Labute approximate surface area is 145 Å². The van der Waals surface area contributed by atoms with Crippen molar-refractivity contribution in [1.29, 1.82) is 0 Å². The fourth-order valence-electron chi connectivity index (χ4n) is 4.21. The number of hydrogen-bond donors (Lipinski definition) is 2. The molecule has 25 heavy (non-hydrogen) atoms. The topological polar surface area (TPSA) is 79.5 Å². The average molecular weight is 337 g/mol. The van der Waals surface area contributed by atoms with Crippen LogP contribution in [0.25, 0.3) is 17.0 Å². The monoisotopic (exact) mass is 337 g/mol. The van der Waals surface area contributed by atoms with Gasteiger partial charge < -0.3 is 14.8 Å². The van der Waals surface area contributed by atoms with Gasteiger partial charge in [-0.15, -0.1) is 0 Å². The fraction of sp³-hybridized carbons (Fsp3) is 0.300. The van der Waals surface area contributed by atoms with Crippen molar-refractivity contribution < 1.29 is 19.8 Å². The molecular formula is C20H19NO4. The molecule has 1 fully saturated rings. The Morgan fingerprint density at radius 2 is 1.64 bits per heavy atom. The molecule has 2 heterocycles. The number of nitrogens with zero attached hydrogens (tertiary/aromatic N) is 1. The number of hydrogen-bond acceptors (Lipinski definition) is 3. The van der Waals surface area contributed by atoms with Gasteiger partial charge in [0.15, 0.2) is 11.5 Å². The lowest BCUT2D eigenvalue weighted by molar-refractivity contribution is -0.136. The summed E-state index contributed by atoms with van der Waals surface area (Å²) in [5, 5.41) is 19.9. The van der Waals surface area contributed by atoms with Gasteiger partial charge >= 0.3 is 5.97 Å². The van der Waals surface area contributed by atoms with E-state index in [2.05, 4.69) is 0 Å². The first kappa shape index (κ1) is 15.7.